The molecule has 0 saturated heterocycles. The highest BCUT2D eigenvalue weighted by atomic mass is 35.5. The van der Waals surface area contributed by atoms with Crippen LogP contribution in [-0.4, -0.2) is 63.6 Å². The summed E-state index contributed by atoms with van der Waals surface area (Å²) in [4.78, 5) is 13.3. The van der Waals surface area contributed by atoms with E-state index in [0.717, 1.165) is 39.7 Å². The van der Waals surface area contributed by atoms with Crippen LogP contribution >= 0.6 is 11.6 Å². The summed E-state index contributed by atoms with van der Waals surface area (Å²) < 4.78 is 43.8. The lowest BCUT2D eigenvalue weighted by Crippen LogP contribution is -2.41. The number of hydrogen-bond donors (Lipinski definition) is 0. The molecule has 0 amide bonds. The molecule has 0 N–H and O–H groups in total. The summed E-state index contributed by atoms with van der Waals surface area (Å²) in [6, 6.07) is 3.74. The van der Waals surface area contributed by atoms with Gasteiger partial charge in [-0.15, -0.1) is 0 Å². The van der Waals surface area contributed by atoms with E-state index >= 15 is 0 Å². The second kappa shape index (κ2) is 12.0. The maximum Gasteiger partial charge on any atom is 0.354 e. The van der Waals surface area contributed by atoms with Crippen LogP contribution in [0.4, 0.5) is 0 Å². The number of benzene rings is 1. The van der Waals surface area contributed by atoms with Gasteiger partial charge in [-0.25, -0.2) is 4.79 Å². The topological polar surface area (TPSA) is 102 Å². The fourth-order valence-electron chi connectivity index (χ4n) is 4.75. The number of ether oxygens (including phenoxy) is 1. The number of methoxy groups -OCH3 is 1. The predicted octanol–water partition coefficient (Wildman–Crippen LogP) is 6.03. The molecule has 0 atom stereocenters. The second-order valence-corrected chi connectivity index (χ2v) is 18.6. The highest BCUT2D eigenvalue weighted by Crippen LogP contribution is 2.42. The third-order valence-electron chi connectivity index (χ3n) is 7.87. The Bertz CT molecular complexity index is 1520. The first-order chi connectivity index (χ1) is 18.4. The molecule has 0 unspecified atom stereocenters. The lowest BCUT2D eigenvalue weighted by molar-refractivity contribution is 0.0586. The number of esters is 1. The third-order valence-corrected chi connectivity index (χ3v) is 13.3. The molecule has 0 bridgehead atoms. The standard InChI is InChI=1S/C28H42ClN3O6SSi/c1-18-23(19(2)31(6)30-18)24-22(29)14-13-21-20(12-11-16-38-40(9,10)28(3,4)5)26(27(33)36-7)32(25(21)24)15-17-37-39(8,34)35/h13-14H,11-12,15-17H2,1-10H3. The molecule has 0 spiro atoms. The lowest BCUT2D eigenvalue weighted by Gasteiger charge is -2.36. The van der Waals surface area contributed by atoms with Crippen LogP contribution < -0.4 is 0 Å². The Morgan fingerprint density at radius 2 is 1.77 bits per heavy atom. The molecule has 1 aromatic carbocycles. The average molecular weight is 612 g/mol. The van der Waals surface area contributed by atoms with Crippen LogP contribution in [0.2, 0.25) is 23.2 Å². The van der Waals surface area contributed by atoms with Crippen LogP contribution in [0.5, 0.6) is 0 Å². The Morgan fingerprint density at radius 1 is 1.12 bits per heavy atom. The predicted molar refractivity (Wildman–Crippen MR) is 162 cm³/mol. The van der Waals surface area contributed by atoms with E-state index in [4.69, 9.17) is 24.9 Å². The molecule has 0 radical (unpaired) electrons. The number of fused-ring (bicyclic) bond motifs is 1. The van der Waals surface area contributed by atoms with Crippen molar-refractivity contribution in [2.45, 2.75) is 72.1 Å². The molecule has 2 aromatic heterocycles. The Kier molecular flexibility index (Phi) is 9.68. The normalized spacial score (nSPS) is 12.9. The number of carbonyl (C=O) groups excluding carboxylic acids is 1. The van der Waals surface area contributed by atoms with Crippen molar-refractivity contribution in [2.24, 2.45) is 7.05 Å². The number of halogens is 1. The largest absolute Gasteiger partial charge is 0.464 e. The van der Waals surface area contributed by atoms with Crippen LogP contribution in [-0.2, 0) is 43.5 Å². The molecule has 12 heteroatoms. The van der Waals surface area contributed by atoms with Crippen molar-refractivity contribution in [3.05, 3.63) is 39.8 Å². The number of nitrogens with zero attached hydrogens (tertiary/aromatic N) is 3. The Hall–Kier alpha value is -2.18. The number of hydrogen-bond acceptors (Lipinski definition) is 7. The van der Waals surface area contributed by atoms with Crippen molar-refractivity contribution in [1.29, 1.82) is 0 Å². The monoisotopic (exact) mass is 611 g/mol. The number of rotatable bonds is 11. The maximum absolute atomic E-state index is 13.3. The van der Waals surface area contributed by atoms with Gasteiger partial charge in [0.1, 0.15) is 5.69 Å². The summed E-state index contributed by atoms with van der Waals surface area (Å²) in [7, 11) is -2.42. The first-order valence-electron chi connectivity index (χ1n) is 13.3. The molecule has 222 valence electrons. The van der Waals surface area contributed by atoms with Gasteiger partial charge in [-0.1, -0.05) is 38.4 Å². The lowest BCUT2D eigenvalue weighted by atomic mass is 9.98. The summed E-state index contributed by atoms with van der Waals surface area (Å²) in [6.07, 6.45) is 2.25. The third kappa shape index (κ3) is 6.65. The number of carbonyl (C=O) groups is 1. The van der Waals surface area contributed by atoms with Crippen LogP contribution in [0, 0.1) is 13.8 Å². The second-order valence-electron chi connectivity index (χ2n) is 11.7. The van der Waals surface area contributed by atoms with E-state index in [9.17, 15) is 13.2 Å². The first kappa shape index (κ1) is 32.3. The van der Waals surface area contributed by atoms with Crippen LogP contribution in [0.3, 0.4) is 0 Å². The minimum Gasteiger partial charge on any atom is -0.464 e. The van der Waals surface area contributed by atoms with Crippen LogP contribution in [0.15, 0.2) is 12.1 Å². The Balaban J connectivity index is 2.23. The van der Waals surface area contributed by atoms with Crippen molar-refractivity contribution < 1.29 is 26.6 Å². The minimum atomic E-state index is -3.69. The van der Waals surface area contributed by atoms with Gasteiger partial charge in [0.05, 0.1) is 36.2 Å². The summed E-state index contributed by atoms with van der Waals surface area (Å²) in [5, 5.41) is 6.01. The number of aromatic nitrogens is 3. The van der Waals surface area contributed by atoms with Gasteiger partial charge in [-0.2, -0.15) is 13.5 Å². The molecule has 0 aliphatic carbocycles. The van der Waals surface area contributed by atoms with E-state index < -0.39 is 24.4 Å². The molecular formula is C28H42ClN3O6SSi. The van der Waals surface area contributed by atoms with E-state index in [1.165, 1.54) is 7.11 Å². The van der Waals surface area contributed by atoms with Gasteiger partial charge in [-0.3, -0.25) is 8.86 Å². The SMILES string of the molecule is COC(=O)c1c(CCCO[Si](C)(C)C(C)(C)C)c2ccc(Cl)c(-c3c(C)nn(C)c3C)c2n1CCOS(C)(=O)=O. The molecule has 0 saturated carbocycles. The van der Waals surface area contributed by atoms with Crippen molar-refractivity contribution in [3.63, 3.8) is 0 Å². The Labute approximate surface area is 244 Å². The Morgan fingerprint density at radius 3 is 2.30 bits per heavy atom. The smallest absolute Gasteiger partial charge is 0.354 e. The molecule has 2 heterocycles. The summed E-state index contributed by atoms with van der Waals surface area (Å²) in [5.41, 5.74) is 5.17. The molecular weight excluding hydrogens is 570 g/mol. The van der Waals surface area contributed by atoms with E-state index in [2.05, 4.69) is 39.0 Å². The number of aryl methyl sites for hydroxylation is 3. The van der Waals surface area contributed by atoms with Gasteiger partial charge in [0.25, 0.3) is 10.1 Å². The molecule has 3 rings (SSSR count). The zero-order valence-corrected chi connectivity index (χ0v) is 27.8. The van der Waals surface area contributed by atoms with Gasteiger partial charge in [0.2, 0.25) is 0 Å². The van der Waals surface area contributed by atoms with Gasteiger partial charge in [0.15, 0.2) is 8.32 Å². The van der Waals surface area contributed by atoms with Crippen molar-refractivity contribution in [1.82, 2.24) is 14.3 Å². The van der Waals surface area contributed by atoms with Crippen LogP contribution in [0.1, 0.15) is 54.6 Å². The zero-order chi connectivity index (χ0) is 30.2. The molecule has 40 heavy (non-hydrogen) atoms. The van der Waals surface area contributed by atoms with Gasteiger partial charge in [-0.05, 0) is 56.5 Å². The van der Waals surface area contributed by atoms with Crippen molar-refractivity contribution in [2.75, 3.05) is 26.6 Å². The van der Waals surface area contributed by atoms with Crippen LogP contribution in [0.25, 0.3) is 22.0 Å². The summed E-state index contributed by atoms with van der Waals surface area (Å²) in [6.45, 7) is 15.4. The molecule has 0 fully saturated rings. The van der Waals surface area contributed by atoms with Crippen molar-refractivity contribution in [3.8, 4) is 11.1 Å². The first-order valence-corrected chi connectivity index (χ1v) is 18.4. The molecule has 3 aromatic rings. The fourth-order valence-corrected chi connectivity index (χ4v) is 6.46. The summed E-state index contributed by atoms with van der Waals surface area (Å²) in [5.74, 6) is -0.516. The van der Waals surface area contributed by atoms with Gasteiger partial charge < -0.3 is 13.7 Å². The highest BCUT2D eigenvalue weighted by Gasteiger charge is 2.37. The quantitative estimate of drug-likeness (QED) is 0.113. The summed E-state index contributed by atoms with van der Waals surface area (Å²) >= 11 is 6.86. The van der Waals surface area contributed by atoms with Gasteiger partial charge >= 0.3 is 5.97 Å². The van der Waals surface area contributed by atoms with Crippen molar-refractivity contribution >= 4 is 46.9 Å². The van der Waals surface area contributed by atoms with E-state index in [-0.39, 0.29) is 18.2 Å². The highest BCUT2D eigenvalue weighted by molar-refractivity contribution is 7.85. The molecule has 9 nitrogen and oxygen atoms in total. The molecule has 0 aliphatic heterocycles. The van der Waals surface area contributed by atoms with E-state index in [1.54, 1.807) is 9.25 Å². The van der Waals surface area contributed by atoms with E-state index in [1.807, 2.05) is 33.0 Å². The minimum absolute atomic E-state index is 0.0882. The molecule has 0 aliphatic rings. The fraction of sp³-hybridized carbons (Fsp3) is 0.571. The average Bonchev–Trinajstić information content (AvgIpc) is 3.27. The maximum atomic E-state index is 13.3. The van der Waals surface area contributed by atoms with E-state index in [0.29, 0.717) is 35.7 Å². The van der Waals surface area contributed by atoms with Gasteiger partial charge in [0, 0.05) is 42.4 Å². The zero-order valence-electron chi connectivity index (χ0n) is 25.3.